The predicted octanol–water partition coefficient (Wildman–Crippen LogP) is 3.90. The minimum absolute atomic E-state index is 0.0719. The van der Waals surface area contributed by atoms with Crippen LogP contribution in [0, 0.1) is 0 Å². The maximum atomic E-state index is 12.3. The monoisotopic (exact) mass is 344 g/mol. The second-order valence-corrected chi connectivity index (χ2v) is 22.6. The third-order valence-electron chi connectivity index (χ3n) is 3.08. The molecule has 1 fully saturated rings. The van der Waals surface area contributed by atoms with Crippen LogP contribution >= 0.6 is 0 Å². The summed E-state index contributed by atoms with van der Waals surface area (Å²) in [5.41, 5.74) is 0. The smallest absolute Gasteiger partial charge is 0.243 e. The summed E-state index contributed by atoms with van der Waals surface area (Å²) in [5.74, 6) is 1.13. The molecule has 122 valence electrons. The van der Waals surface area contributed by atoms with Crippen LogP contribution < -0.4 is 0 Å². The van der Waals surface area contributed by atoms with Crippen LogP contribution in [0.5, 0.6) is 0 Å². The molecule has 0 radical (unpaired) electrons. The van der Waals surface area contributed by atoms with Crippen LogP contribution in [0.4, 0.5) is 0 Å². The van der Waals surface area contributed by atoms with E-state index in [0.717, 1.165) is 12.3 Å². The average Bonchev–Trinajstić information content (AvgIpc) is 2.53. The summed E-state index contributed by atoms with van der Waals surface area (Å²) < 4.78 is 13.4. The first-order chi connectivity index (χ1) is 9.21. The van der Waals surface area contributed by atoms with Gasteiger partial charge in [-0.25, -0.2) is 0 Å². The van der Waals surface area contributed by atoms with Gasteiger partial charge in [0.05, 0.1) is 6.04 Å². The average molecular weight is 345 g/mol. The van der Waals surface area contributed by atoms with E-state index in [-0.39, 0.29) is 11.9 Å². The fourth-order valence-corrected chi connectivity index (χ4v) is 6.36. The molecule has 1 aliphatic rings. The van der Waals surface area contributed by atoms with Crippen molar-refractivity contribution in [3.8, 4) is 0 Å². The van der Waals surface area contributed by atoms with Crippen molar-refractivity contribution in [1.82, 2.24) is 4.57 Å². The van der Waals surface area contributed by atoms with Gasteiger partial charge in [-0.15, -0.1) is 0 Å². The summed E-state index contributed by atoms with van der Waals surface area (Å²) in [7, 11) is -5.08. The summed E-state index contributed by atoms with van der Waals surface area (Å²) in [5, 5.41) is 0. The molecule has 0 aromatic carbocycles. The number of rotatable bonds is 4. The third kappa shape index (κ3) is 5.71. The van der Waals surface area contributed by atoms with Crippen molar-refractivity contribution in [1.29, 1.82) is 0 Å². The molecule has 0 N–H and O–H groups in total. The Morgan fingerprint density at radius 1 is 1.10 bits per heavy atom. The Hall–Kier alpha value is -0.409. The van der Waals surface area contributed by atoms with Crippen molar-refractivity contribution in [2.45, 2.75) is 77.8 Å². The summed E-state index contributed by atoms with van der Waals surface area (Å²) in [6.45, 7) is 19.9. The van der Waals surface area contributed by atoms with Gasteiger partial charge in [-0.05, 0) is 45.7 Å². The number of carbonyl (C=O) groups is 1. The molecule has 1 rings (SSSR count). The number of carbonyl (C=O) groups excluding carboxylic acids is 1. The molecule has 1 unspecified atom stereocenters. The van der Waals surface area contributed by atoms with E-state index in [1.54, 1.807) is 0 Å². The molecule has 1 amide bonds. The molecule has 0 aromatic heterocycles. The fraction of sp³-hybridized carbons (Fsp3) is 0.857. The van der Waals surface area contributed by atoms with E-state index in [4.69, 9.17) is 9.08 Å². The van der Waals surface area contributed by atoms with Crippen molar-refractivity contribution in [3.63, 3.8) is 0 Å². The normalized spacial score (nSPS) is 22.0. The Labute approximate surface area is 133 Å². The molecule has 0 aliphatic carbocycles. The van der Waals surface area contributed by atoms with Gasteiger partial charge in [0.1, 0.15) is 0 Å². The number of nitrogens with zero attached hydrogens (tertiary/aromatic N) is 2. The van der Waals surface area contributed by atoms with E-state index in [9.17, 15) is 4.79 Å². The van der Waals surface area contributed by atoms with E-state index in [1.165, 1.54) is 0 Å². The van der Waals surface area contributed by atoms with Gasteiger partial charge in [0.2, 0.25) is 14.2 Å². The maximum absolute atomic E-state index is 12.3. The van der Waals surface area contributed by atoms with Crippen molar-refractivity contribution in [2.75, 3.05) is 0 Å². The first-order valence-electron chi connectivity index (χ1n) is 7.82. The standard InChI is InChI=1S/C14H32N2O2Si3/c1-19(2,3)15-14(18-21(7,8)9)12-10-11-13(17)16(12)20(4,5)6/h12H,10-11H2,1-9H3/b15-14-. The molecule has 1 heterocycles. The zero-order chi connectivity index (χ0) is 16.6. The van der Waals surface area contributed by atoms with Crippen LogP contribution in [-0.4, -0.2) is 47.2 Å². The van der Waals surface area contributed by atoms with E-state index in [0.29, 0.717) is 6.42 Å². The van der Waals surface area contributed by atoms with Crippen LogP contribution in [0.25, 0.3) is 0 Å². The molecule has 1 saturated heterocycles. The van der Waals surface area contributed by atoms with Gasteiger partial charge >= 0.3 is 0 Å². The lowest BCUT2D eigenvalue weighted by molar-refractivity contribution is -0.124. The van der Waals surface area contributed by atoms with Gasteiger partial charge in [-0.2, -0.15) is 0 Å². The van der Waals surface area contributed by atoms with Crippen molar-refractivity contribution < 1.29 is 9.22 Å². The van der Waals surface area contributed by atoms with E-state index < -0.39 is 24.8 Å². The molecule has 7 heteroatoms. The largest absolute Gasteiger partial charge is 0.534 e. The highest BCUT2D eigenvalue weighted by Gasteiger charge is 2.43. The van der Waals surface area contributed by atoms with Crippen LogP contribution in [0.3, 0.4) is 0 Å². The second kappa shape index (κ2) is 6.00. The molecule has 1 atom stereocenters. The van der Waals surface area contributed by atoms with Crippen LogP contribution in [0.2, 0.25) is 58.9 Å². The van der Waals surface area contributed by atoms with Crippen molar-refractivity contribution in [2.24, 2.45) is 4.66 Å². The molecular weight excluding hydrogens is 312 g/mol. The quantitative estimate of drug-likeness (QED) is 0.441. The van der Waals surface area contributed by atoms with Gasteiger partial charge in [-0.1, -0.05) is 19.6 Å². The van der Waals surface area contributed by atoms with Gasteiger partial charge in [-0.3, -0.25) is 9.45 Å². The first-order valence-corrected chi connectivity index (χ1v) is 18.1. The minimum atomic E-state index is -1.73. The number of hydrogen-bond acceptors (Lipinski definition) is 3. The Balaban J connectivity index is 3.20. The zero-order valence-corrected chi connectivity index (χ0v) is 18.2. The Morgan fingerprint density at radius 3 is 2.00 bits per heavy atom. The van der Waals surface area contributed by atoms with Gasteiger partial charge in [0.15, 0.2) is 22.4 Å². The predicted molar refractivity (Wildman–Crippen MR) is 98.4 cm³/mol. The van der Waals surface area contributed by atoms with Crippen LogP contribution in [0.1, 0.15) is 12.8 Å². The van der Waals surface area contributed by atoms with E-state index >= 15 is 0 Å². The van der Waals surface area contributed by atoms with Gasteiger partial charge in [0, 0.05) is 6.42 Å². The molecular formula is C14H32N2O2Si3. The highest BCUT2D eigenvalue weighted by Crippen LogP contribution is 2.28. The molecule has 21 heavy (non-hydrogen) atoms. The fourth-order valence-electron chi connectivity index (χ4n) is 2.57. The maximum Gasteiger partial charge on any atom is 0.243 e. The minimum Gasteiger partial charge on any atom is -0.534 e. The number of amides is 1. The summed E-state index contributed by atoms with van der Waals surface area (Å²) in [6, 6.07) is 0.0719. The molecule has 0 aromatic rings. The summed E-state index contributed by atoms with van der Waals surface area (Å²) in [6.07, 6.45) is 1.49. The SMILES string of the molecule is C[Si](C)(C)/N=C(\O[Si](C)(C)C)C1CCC(=O)N1[Si](C)(C)C. The van der Waals surface area contributed by atoms with Crippen LogP contribution in [0.15, 0.2) is 4.66 Å². The van der Waals surface area contributed by atoms with E-state index in [2.05, 4.69) is 63.5 Å². The highest BCUT2D eigenvalue weighted by molar-refractivity contribution is 6.77. The lowest BCUT2D eigenvalue weighted by atomic mass is 10.2. The van der Waals surface area contributed by atoms with Crippen molar-refractivity contribution >= 4 is 36.6 Å². The van der Waals surface area contributed by atoms with E-state index in [1.807, 2.05) is 0 Å². The van der Waals surface area contributed by atoms with Gasteiger partial charge in [0.25, 0.3) is 0 Å². The highest BCUT2D eigenvalue weighted by atomic mass is 28.4. The Kier molecular flexibility index (Phi) is 5.33. The lowest BCUT2D eigenvalue weighted by Crippen LogP contribution is -2.55. The molecule has 0 spiro atoms. The Bertz CT molecular complexity index is 431. The molecule has 0 bridgehead atoms. The molecule has 1 aliphatic heterocycles. The van der Waals surface area contributed by atoms with Gasteiger partial charge < -0.3 is 8.99 Å². The first kappa shape index (κ1) is 18.6. The molecule has 0 saturated carbocycles. The summed E-state index contributed by atoms with van der Waals surface area (Å²) >= 11 is 0. The summed E-state index contributed by atoms with van der Waals surface area (Å²) in [4.78, 5) is 12.3. The van der Waals surface area contributed by atoms with Crippen LogP contribution in [-0.2, 0) is 9.22 Å². The molecule has 4 nitrogen and oxygen atoms in total. The Morgan fingerprint density at radius 2 is 1.62 bits per heavy atom. The topological polar surface area (TPSA) is 41.9 Å². The number of hydrogen-bond donors (Lipinski definition) is 0. The third-order valence-corrected chi connectivity index (χ3v) is 6.80. The second-order valence-electron chi connectivity index (χ2n) is 8.82. The zero-order valence-electron chi connectivity index (χ0n) is 15.2. The lowest BCUT2D eigenvalue weighted by Gasteiger charge is -2.38. The van der Waals surface area contributed by atoms with Crippen molar-refractivity contribution in [3.05, 3.63) is 0 Å².